The second-order valence-corrected chi connectivity index (χ2v) is 7.35. The highest BCUT2D eigenvalue weighted by Gasteiger charge is 2.34. The Morgan fingerprint density at radius 1 is 1.29 bits per heavy atom. The normalized spacial score (nSPS) is 22.5. The van der Waals surface area contributed by atoms with Crippen LogP contribution >= 0.6 is 0 Å². The fraction of sp³-hybridized carbons (Fsp3) is 0.450. The minimum absolute atomic E-state index is 0.0339. The first-order chi connectivity index (χ1) is 13.5. The molecule has 2 aromatic rings. The van der Waals surface area contributed by atoms with Crippen molar-refractivity contribution in [2.24, 2.45) is 0 Å². The first-order valence-electron chi connectivity index (χ1n) is 9.63. The molecule has 2 fully saturated rings. The predicted octanol–water partition coefficient (Wildman–Crippen LogP) is 1.65. The maximum absolute atomic E-state index is 12.7. The second-order valence-electron chi connectivity index (χ2n) is 7.35. The van der Waals surface area contributed by atoms with Gasteiger partial charge in [-0.3, -0.25) is 4.79 Å². The van der Waals surface area contributed by atoms with Gasteiger partial charge in [0.1, 0.15) is 11.9 Å². The van der Waals surface area contributed by atoms with E-state index >= 15 is 0 Å². The molecule has 148 valence electrons. The van der Waals surface area contributed by atoms with Crippen molar-refractivity contribution in [1.82, 2.24) is 15.1 Å². The van der Waals surface area contributed by atoms with Crippen molar-refractivity contribution >= 4 is 17.4 Å². The van der Waals surface area contributed by atoms with Crippen LogP contribution in [0.3, 0.4) is 0 Å². The summed E-state index contributed by atoms with van der Waals surface area (Å²) in [5, 5.41) is 18.3. The summed E-state index contributed by atoms with van der Waals surface area (Å²) in [4.78, 5) is 16.7. The third-order valence-corrected chi connectivity index (χ3v) is 5.44. The SMILES string of the molecule is CC1CN(c2cc(-c3ccccc3O)nnc2N)CCN1C(=O)C1CCCO1. The Hall–Kier alpha value is -2.87. The highest BCUT2D eigenvalue weighted by molar-refractivity contribution is 5.82. The topological polar surface area (TPSA) is 105 Å². The zero-order valence-electron chi connectivity index (χ0n) is 15.9. The maximum Gasteiger partial charge on any atom is 0.252 e. The van der Waals surface area contributed by atoms with Crippen LogP contribution in [0.25, 0.3) is 11.3 Å². The number of phenols is 1. The monoisotopic (exact) mass is 383 g/mol. The summed E-state index contributed by atoms with van der Waals surface area (Å²) in [5.41, 5.74) is 8.04. The molecule has 3 N–H and O–H groups in total. The smallest absolute Gasteiger partial charge is 0.252 e. The van der Waals surface area contributed by atoms with E-state index in [1.54, 1.807) is 18.2 Å². The van der Waals surface area contributed by atoms with E-state index < -0.39 is 0 Å². The van der Waals surface area contributed by atoms with Crippen molar-refractivity contribution in [2.75, 3.05) is 36.9 Å². The Bertz CT molecular complexity index is 869. The summed E-state index contributed by atoms with van der Waals surface area (Å²) in [5.74, 6) is 0.568. The van der Waals surface area contributed by atoms with E-state index in [1.165, 1.54) is 0 Å². The first-order valence-corrected chi connectivity index (χ1v) is 9.63. The van der Waals surface area contributed by atoms with Crippen LogP contribution in [0.4, 0.5) is 11.5 Å². The number of nitrogen functional groups attached to an aromatic ring is 1. The van der Waals surface area contributed by atoms with Crippen LogP contribution in [0.5, 0.6) is 5.75 Å². The number of hydrogen-bond donors (Lipinski definition) is 2. The van der Waals surface area contributed by atoms with Gasteiger partial charge in [0.05, 0.1) is 11.4 Å². The number of ether oxygens (including phenoxy) is 1. The third-order valence-electron chi connectivity index (χ3n) is 5.44. The molecule has 3 heterocycles. The number of carbonyl (C=O) groups is 1. The first kappa shape index (κ1) is 18.5. The summed E-state index contributed by atoms with van der Waals surface area (Å²) in [6.45, 7) is 4.61. The molecular weight excluding hydrogens is 358 g/mol. The Morgan fingerprint density at radius 3 is 2.82 bits per heavy atom. The molecule has 4 rings (SSSR count). The molecular formula is C20H25N5O3. The standard InChI is InChI=1S/C20H25N5O3/c1-13-12-24(8-9-25(13)20(27)18-7-4-10-28-18)16-11-15(22-23-19(16)21)14-5-2-3-6-17(14)26/h2-3,5-6,11,13,18,26H,4,7-10,12H2,1H3,(H2,21,23). The number of amides is 1. The maximum atomic E-state index is 12.7. The Morgan fingerprint density at radius 2 is 2.11 bits per heavy atom. The molecule has 2 atom stereocenters. The van der Waals surface area contributed by atoms with Gasteiger partial charge in [-0.05, 0) is 38.0 Å². The number of hydrogen-bond acceptors (Lipinski definition) is 7. The minimum Gasteiger partial charge on any atom is -0.507 e. The average Bonchev–Trinajstić information content (AvgIpc) is 3.23. The van der Waals surface area contributed by atoms with Crippen LogP contribution in [0, 0.1) is 0 Å². The molecule has 8 nitrogen and oxygen atoms in total. The van der Waals surface area contributed by atoms with Gasteiger partial charge in [0, 0.05) is 37.8 Å². The summed E-state index contributed by atoms with van der Waals surface area (Å²) in [6.07, 6.45) is 1.45. The van der Waals surface area contributed by atoms with Gasteiger partial charge in [-0.15, -0.1) is 10.2 Å². The van der Waals surface area contributed by atoms with Gasteiger partial charge in [-0.1, -0.05) is 12.1 Å². The van der Waals surface area contributed by atoms with E-state index in [-0.39, 0.29) is 23.8 Å². The number of rotatable bonds is 3. The molecule has 1 aromatic carbocycles. The second kappa shape index (κ2) is 7.63. The molecule has 2 unspecified atom stereocenters. The minimum atomic E-state index is -0.297. The van der Waals surface area contributed by atoms with E-state index in [1.807, 2.05) is 24.0 Å². The molecule has 2 aliphatic rings. The fourth-order valence-electron chi connectivity index (χ4n) is 3.93. The van der Waals surface area contributed by atoms with Crippen LogP contribution in [-0.2, 0) is 9.53 Å². The zero-order chi connectivity index (χ0) is 19.7. The molecule has 0 spiro atoms. The molecule has 0 saturated carbocycles. The van der Waals surface area contributed by atoms with Gasteiger partial charge in [0.15, 0.2) is 5.82 Å². The molecule has 1 aromatic heterocycles. The molecule has 0 aliphatic carbocycles. The lowest BCUT2D eigenvalue weighted by Crippen LogP contribution is -2.56. The number of nitrogens with zero attached hydrogens (tertiary/aromatic N) is 4. The lowest BCUT2D eigenvalue weighted by molar-refractivity contribution is -0.143. The predicted molar refractivity (Wildman–Crippen MR) is 106 cm³/mol. The highest BCUT2D eigenvalue weighted by Crippen LogP contribution is 2.32. The summed E-state index contributed by atoms with van der Waals surface area (Å²) >= 11 is 0. The van der Waals surface area contributed by atoms with E-state index in [0.717, 1.165) is 18.5 Å². The quantitative estimate of drug-likeness (QED) is 0.830. The van der Waals surface area contributed by atoms with Crippen molar-refractivity contribution in [3.63, 3.8) is 0 Å². The molecule has 2 aliphatic heterocycles. The number of benzene rings is 1. The van der Waals surface area contributed by atoms with Gasteiger partial charge in [0.2, 0.25) is 0 Å². The summed E-state index contributed by atoms with van der Waals surface area (Å²) < 4.78 is 5.56. The van der Waals surface area contributed by atoms with E-state index in [2.05, 4.69) is 15.1 Å². The Balaban J connectivity index is 1.53. The number of anilines is 2. The van der Waals surface area contributed by atoms with Gasteiger partial charge < -0.3 is 25.4 Å². The van der Waals surface area contributed by atoms with Crippen LogP contribution < -0.4 is 10.6 Å². The van der Waals surface area contributed by atoms with Crippen LogP contribution in [0.1, 0.15) is 19.8 Å². The third kappa shape index (κ3) is 3.47. The number of piperazine rings is 1. The number of aromatic nitrogens is 2. The average molecular weight is 383 g/mol. The largest absolute Gasteiger partial charge is 0.507 e. The fourth-order valence-corrected chi connectivity index (χ4v) is 3.93. The van der Waals surface area contributed by atoms with Crippen molar-refractivity contribution < 1.29 is 14.6 Å². The number of nitrogens with two attached hydrogens (primary N) is 1. The molecule has 28 heavy (non-hydrogen) atoms. The van der Waals surface area contributed by atoms with Gasteiger partial charge in [0.25, 0.3) is 5.91 Å². The van der Waals surface area contributed by atoms with Crippen LogP contribution in [0.15, 0.2) is 30.3 Å². The lowest BCUT2D eigenvalue weighted by atomic mass is 10.1. The number of carbonyl (C=O) groups excluding carboxylic acids is 1. The van der Waals surface area contributed by atoms with Gasteiger partial charge in [-0.2, -0.15) is 0 Å². The van der Waals surface area contributed by atoms with Crippen molar-refractivity contribution in [3.8, 4) is 17.0 Å². The van der Waals surface area contributed by atoms with Crippen LogP contribution in [0.2, 0.25) is 0 Å². The molecule has 0 radical (unpaired) electrons. The molecule has 0 bridgehead atoms. The molecule has 1 amide bonds. The number of para-hydroxylation sites is 1. The zero-order valence-corrected chi connectivity index (χ0v) is 15.9. The van der Waals surface area contributed by atoms with Crippen LogP contribution in [-0.4, -0.2) is 64.5 Å². The van der Waals surface area contributed by atoms with Crippen molar-refractivity contribution in [2.45, 2.75) is 31.9 Å². The van der Waals surface area contributed by atoms with E-state index in [9.17, 15) is 9.90 Å². The van der Waals surface area contributed by atoms with Gasteiger partial charge in [-0.25, -0.2) is 0 Å². The summed E-state index contributed by atoms with van der Waals surface area (Å²) in [7, 11) is 0. The lowest BCUT2D eigenvalue weighted by Gasteiger charge is -2.41. The highest BCUT2D eigenvalue weighted by atomic mass is 16.5. The number of aromatic hydroxyl groups is 1. The van der Waals surface area contributed by atoms with Gasteiger partial charge >= 0.3 is 0 Å². The molecule has 2 saturated heterocycles. The summed E-state index contributed by atoms with van der Waals surface area (Å²) in [6, 6.07) is 8.89. The number of phenolic OH excluding ortho intramolecular Hbond substituents is 1. The Kier molecular flexibility index (Phi) is 5.04. The van der Waals surface area contributed by atoms with Crippen molar-refractivity contribution in [3.05, 3.63) is 30.3 Å². The Labute approximate surface area is 163 Å². The van der Waals surface area contributed by atoms with Crippen molar-refractivity contribution in [1.29, 1.82) is 0 Å². The van der Waals surface area contributed by atoms with E-state index in [0.29, 0.717) is 43.3 Å². The molecule has 8 heteroatoms. The van der Waals surface area contributed by atoms with E-state index in [4.69, 9.17) is 10.5 Å².